The molecule has 1 aromatic heterocycles. The van der Waals surface area contributed by atoms with Crippen molar-refractivity contribution in [3.8, 4) is 11.8 Å². The normalized spacial score (nSPS) is 11.4. The molecule has 0 saturated carbocycles. The summed E-state index contributed by atoms with van der Waals surface area (Å²) >= 11 is 7.38. The highest BCUT2D eigenvalue weighted by Gasteiger charge is 2.16. The molecule has 1 unspecified atom stereocenters. The van der Waals surface area contributed by atoms with Gasteiger partial charge < -0.3 is 10.1 Å². The molecule has 0 fully saturated rings. The van der Waals surface area contributed by atoms with Gasteiger partial charge in [0.1, 0.15) is 11.8 Å². The topological polar surface area (TPSA) is 62.1 Å². The average Bonchev–Trinajstić information content (AvgIpc) is 2.99. The van der Waals surface area contributed by atoms with Gasteiger partial charge in [0, 0.05) is 5.56 Å². The Bertz CT molecular complexity index is 650. The van der Waals surface area contributed by atoms with E-state index in [1.165, 1.54) is 18.4 Å². The maximum atomic E-state index is 12.1. The van der Waals surface area contributed by atoms with E-state index in [1.807, 2.05) is 10.8 Å². The van der Waals surface area contributed by atoms with E-state index in [1.54, 1.807) is 24.3 Å². The van der Waals surface area contributed by atoms with Gasteiger partial charge in [-0.1, -0.05) is 11.6 Å². The van der Waals surface area contributed by atoms with Gasteiger partial charge in [-0.2, -0.15) is 16.6 Å². The number of carbonyl (C=O) groups is 1. The molecule has 0 aliphatic rings. The van der Waals surface area contributed by atoms with Crippen molar-refractivity contribution in [1.82, 2.24) is 5.32 Å². The molecule has 1 N–H and O–H groups in total. The molecule has 2 aromatic rings. The molecule has 0 radical (unpaired) electrons. The van der Waals surface area contributed by atoms with Crippen LogP contribution >= 0.6 is 22.9 Å². The Morgan fingerprint density at radius 2 is 2.30 bits per heavy atom. The number of nitrogens with zero attached hydrogens (tertiary/aromatic N) is 1. The van der Waals surface area contributed by atoms with Crippen LogP contribution in [-0.4, -0.2) is 13.0 Å². The molecule has 6 heteroatoms. The minimum Gasteiger partial charge on any atom is -0.495 e. The predicted octanol–water partition coefficient (Wildman–Crippen LogP) is 3.40. The molecular weight excluding hydrogens is 296 g/mol. The van der Waals surface area contributed by atoms with Gasteiger partial charge in [-0.25, -0.2) is 0 Å². The first-order valence-corrected chi connectivity index (χ1v) is 7.04. The van der Waals surface area contributed by atoms with E-state index in [0.717, 1.165) is 5.56 Å². The lowest BCUT2D eigenvalue weighted by Crippen LogP contribution is -2.27. The first-order valence-electron chi connectivity index (χ1n) is 5.72. The lowest BCUT2D eigenvalue weighted by atomic mass is 10.1. The van der Waals surface area contributed by atoms with Gasteiger partial charge in [-0.05, 0) is 40.6 Å². The molecule has 4 nitrogen and oxygen atoms in total. The Kier molecular flexibility index (Phi) is 4.61. The zero-order valence-corrected chi connectivity index (χ0v) is 12.2. The summed E-state index contributed by atoms with van der Waals surface area (Å²) in [4.78, 5) is 12.1. The Morgan fingerprint density at radius 1 is 1.50 bits per heavy atom. The van der Waals surface area contributed by atoms with Crippen LogP contribution in [0.2, 0.25) is 5.02 Å². The fraction of sp³-hybridized carbons (Fsp3) is 0.143. The highest BCUT2D eigenvalue weighted by Crippen LogP contribution is 2.25. The molecule has 1 aromatic carbocycles. The van der Waals surface area contributed by atoms with Gasteiger partial charge >= 0.3 is 0 Å². The van der Waals surface area contributed by atoms with E-state index in [9.17, 15) is 4.79 Å². The highest BCUT2D eigenvalue weighted by molar-refractivity contribution is 7.08. The molecule has 2 rings (SSSR count). The third kappa shape index (κ3) is 3.10. The van der Waals surface area contributed by atoms with E-state index in [4.69, 9.17) is 21.6 Å². The summed E-state index contributed by atoms with van der Waals surface area (Å²) in [5.74, 6) is 0.0704. The van der Waals surface area contributed by atoms with Crippen molar-refractivity contribution in [2.45, 2.75) is 6.04 Å². The maximum absolute atomic E-state index is 12.1. The average molecular weight is 307 g/mol. The summed E-state index contributed by atoms with van der Waals surface area (Å²) < 4.78 is 5.06. The van der Waals surface area contributed by atoms with Gasteiger partial charge in [0.15, 0.2) is 0 Å². The number of thiophene rings is 1. The second-order valence-electron chi connectivity index (χ2n) is 3.94. The first-order chi connectivity index (χ1) is 9.65. The molecule has 102 valence electrons. The molecule has 20 heavy (non-hydrogen) atoms. The van der Waals surface area contributed by atoms with Crippen molar-refractivity contribution >= 4 is 28.8 Å². The van der Waals surface area contributed by atoms with Crippen molar-refractivity contribution in [2.24, 2.45) is 0 Å². The SMILES string of the molecule is COc1cc(C(=O)NC(C#N)c2ccsc2)ccc1Cl. The number of hydrogen-bond acceptors (Lipinski definition) is 4. The maximum Gasteiger partial charge on any atom is 0.252 e. The van der Waals surface area contributed by atoms with E-state index in [0.29, 0.717) is 16.3 Å². The van der Waals surface area contributed by atoms with Gasteiger partial charge in [-0.3, -0.25) is 4.79 Å². The van der Waals surface area contributed by atoms with Crippen molar-refractivity contribution < 1.29 is 9.53 Å². The molecule has 1 amide bonds. The number of rotatable bonds is 4. The number of ether oxygens (including phenoxy) is 1. The largest absolute Gasteiger partial charge is 0.495 e. The molecule has 0 spiro atoms. The standard InChI is InChI=1S/C14H11ClN2O2S/c1-19-13-6-9(2-3-11(13)15)14(18)17-12(7-16)10-4-5-20-8-10/h2-6,8,12H,1H3,(H,17,18). The van der Waals surface area contributed by atoms with E-state index >= 15 is 0 Å². The van der Waals surface area contributed by atoms with Crippen LogP contribution in [0.25, 0.3) is 0 Å². The van der Waals surface area contributed by atoms with Crippen molar-refractivity contribution in [1.29, 1.82) is 5.26 Å². The molecule has 1 heterocycles. The number of amides is 1. The first kappa shape index (κ1) is 14.4. The van der Waals surface area contributed by atoms with E-state index < -0.39 is 6.04 Å². The fourth-order valence-corrected chi connectivity index (χ4v) is 2.53. The van der Waals surface area contributed by atoms with E-state index in [-0.39, 0.29) is 5.91 Å². The Hall–Kier alpha value is -2.03. The summed E-state index contributed by atoms with van der Waals surface area (Å²) in [5.41, 5.74) is 1.16. The minimum atomic E-state index is -0.671. The summed E-state index contributed by atoms with van der Waals surface area (Å²) in [6.45, 7) is 0. The number of nitriles is 1. The molecule has 0 aliphatic carbocycles. The number of halogens is 1. The Labute approximate surface area is 125 Å². The van der Waals surface area contributed by atoms with Gasteiger partial charge in [0.2, 0.25) is 0 Å². The quantitative estimate of drug-likeness (QED) is 0.941. The van der Waals surface area contributed by atoms with Crippen LogP contribution in [0.5, 0.6) is 5.75 Å². The monoisotopic (exact) mass is 306 g/mol. The van der Waals surface area contributed by atoms with Crippen LogP contribution in [0.3, 0.4) is 0 Å². The fourth-order valence-electron chi connectivity index (χ4n) is 1.64. The van der Waals surface area contributed by atoms with Crippen LogP contribution in [-0.2, 0) is 0 Å². The van der Waals surface area contributed by atoms with Gasteiger partial charge in [0.25, 0.3) is 5.91 Å². The zero-order valence-electron chi connectivity index (χ0n) is 10.6. The van der Waals surface area contributed by atoms with Gasteiger partial charge in [-0.15, -0.1) is 0 Å². The van der Waals surface area contributed by atoms with Crippen LogP contribution in [0, 0.1) is 11.3 Å². The predicted molar refractivity (Wildman–Crippen MR) is 78.1 cm³/mol. The molecular formula is C14H11ClN2O2S. The van der Waals surface area contributed by atoms with Crippen molar-refractivity contribution in [2.75, 3.05) is 7.11 Å². The second-order valence-corrected chi connectivity index (χ2v) is 5.13. The highest BCUT2D eigenvalue weighted by atomic mass is 35.5. The smallest absolute Gasteiger partial charge is 0.252 e. The van der Waals surface area contributed by atoms with Crippen molar-refractivity contribution in [3.63, 3.8) is 0 Å². The number of methoxy groups -OCH3 is 1. The minimum absolute atomic E-state index is 0.349. The molecule has 0 saturated heterocycles. The molecule has 1 atom stereocenters. The van der Waals surface area contributed by atoms with Crippen LogP contribution in [0.15, 0.2) is 35.0 Å². The number of benzene rings is 1. The third-order valence-corrected chi connectivity index (χ3v) is 3.71. The van der Waals surface area contributed by atoms with E-state index in [2.05, 4.69) is 11.4 Å². The molecule has 0 aliphatic heterocycles. The zero-order chi connectivity index (χ0) is 14.5. The summed E-state index contributed by atoms with van der Waals surface area (Å²) in [5, 5.41) is 15.9. The lowest BCUT2D eigenvalue weighted by molar-refractivity contribution is 0.0945. The second kappa shape index (κ2) is 6.42. The summed E-state index contributed by atoms with van der Waals surface area (Å²) in [6.07, 6.45) is 0. The summed E-state index contributed by atoms with van der Waals surface area (Å²) in [6, 6.07) is 7.91. The third-order valence-electron chi connectivity index (χ3n) is 2.69. The van der Waals surface area contributed by atoms with Crippen molar-refractivity contribution in [3.05, 3.63) is 51.2 Å². The van der Waals surface area contributed by atoms with Crippen LogP contribution in [0.4, 0.5) is 0 Å². The van der Waals surface area contributed by atoms with Gasteiger partial charge in [0.05, 0.1) is 18.2 Å². The Morgan fingerprint density at radius 3 is 2.90 bits per heavy atom. The Balaban J connectivity index is 2.18. The lowest BCUT2D eigenvalue weighted by Gasteiger charge is -2.11. The summed E-state index contributed by atoms with van der Waals surface area (Å²) in [7, 11) is 1.48. The molecule has 0 bridgehead atoms. The number of nitrogens with one attached hydrogen (secondary N) is 1. The number of carbonyl (C=O) groups excluding carboxylic acids is 1. The number of hydrogen-bond donors (Lipinski definition) is 1. The van der Waals surface area contributed by atoms with Crippen LogP contribution < -0.4 is 10.1 Å². The van der Waals surface area contributed by atoms with Crippen LogP contribution in [0.1, 0.15) is 22.0 Å².